The SMILES string of the molecule is CC(C)(C)OC(=O)NC(Cc1[nH]cnc1C(F)(F)F)C(=O)O.CC(C)(C)OC(=O)NC(Cc1cnc(C(F)(F)F)[nH]1)C(=O)O.CC(C)(C)OC(=O)NC(Cc1cnc[nH]1)C(=O)O. The minimum atomic E-state index is -4.72. The van der Waals surface area contributed by atoms with Crippen LogP contribution >= 0.6 is 0 Å². The topological polar surface area (TPSA) is 313 Å². The number of halogens is 6. The Morgan fingerprint density at radius 2 is 0.984 bits per heavy atom. The normalized spacial score (nSPS) is 13.3. The first-order valence-corrected chi connectivity index (χ1v) is 17.9. The number of aromatic nitrogens is 6. The van der Waals surface area contributed by atoms with E-state index in [1.54, 1.807) is 62.3 Å². The highest BCUT2D eigenvalue weighted by molar-refractivity contribution is 5.81. The first kappa shape index (κ1) is 53.4. The Labute approximate surface area is 349 Å². The lowest BCUT2D eigenvalue weighted by Gasteiger charge is -2.22. The van der Waals surface area contributed by atoms with Gasteiger partial charge in [0, 0.05) is 48.7 Å². The minimum Gasteiger partial charge on any atom is -0.480 e. The number of hydrogen-bond donors (Lipinski definition) is 9. The maximum absolute atomic E-state index is 12.7. The summed E-state index contributed by atoms with van der Waals surface area (Å²) in [4.78, 5) is 84.8. The number of imidazole rings is 3. The Bertz CT molecular complexity index is 1950. The van der Waals surface area contributed by atoms with Crippen LogP contribution in [0.3, 0.4) is 0 Å². The highest BCUT2D eigenvalue weighted by Crippen LogP contribution is 2.30. The van der Waals surface area contributed by atoms with Crippen LogP contribution in [-0.2, 0) is 60.2 Å². The lowest BCUT2D eigenvalue weighted by molar-refractivity contribution is -0.144. The molecule has 9 N–H and O–H groups in total. The van der Waals surface area contributed by atoms with Crippen molar-refractivity contribution in [1.29, 1.82) is 0 Å². The van der Waals surface area contributed by atoms with E-state index < -0.39 is 114 Å². The van der Waals surface area contributed by atoms with Crippen LogP contribution in [0, 0.1) is 0 Å². The van der Waals surface area contributed by atoms with Crippen molar-refractivity contribution in [3.8, 4) is 0 Å². The van der Waals surface area contributed by atoms with Crippen LogP contribution < -0.4 is 16.0 Å². The van der Waals surface area contributed by atoms with Gasteiger partial charge in [0.25, 0.3) is 0 Å². The van der Waals surface area contributed by atoms with Crippen LogP contribution in [0.4, 0.5) is 40.7 Å². The van der Waals surface area contributed by atoms with Crippen molar-refractivity contribution in [1.82, 2.24) is 45.9 Å². The van der Waals surface area contributed by atoms with Crippen LogP contribution in [0.5, 0.6) is 0 Å². The van der Waals surface area contributed by atoms with Gasteiger partial charge in [0.15, 0.2) is 5.69 Å². The molecule has 0 saturated carbocycles. The summed E-state index contributed by atoms with van der Waals surface area (Å²) in [5.41, 5.74) is -3.46. The van der Waals surface area contributed by atoms with E-state index in [-0.39, 0.29) is 12.1 Å². The number of nitrogens with zero attached hydrogens (tertiary/aromatic N) is 3. The molecular weight excluding hydrogens is 852 g/mol. The number of alkyl halides is 6. The third-order valence-electron chi connectivity index (χ3n) is 6.66. The summed E-state index contributed by atoms with van der Waals surface area (Å²) in [7, 11) is 0. The maximum atomic E-state index is 12.7. The molecule has 348 valence electrons. The second-order valence-corrected chi connectivity index (χ2v) is 15.8. The van der Waals surface area contributed by atoms with Gasteiger partial charge in [0.1, 0.15) is 34.9 Å². The summed E-state index contributed by atoms with van der Waals surface area (Å²) in [5, 5.41) is 33.5. The molecule has 3 amide bonds. The number of ether oxygens (including phenoxy) is 3. The van der Waals surface area contributed by atoms with E-state index in [4.69, 9.17) is 29.5 Å². The summed E-state index contributed by atoms with van der Waals surface area (Å²) in [6, 6.07) is -4.09. The fourth-order valence-electron chi connectivity index (χ4n) is 4.32. The highest BCUT2D eigenvalue weighted by Gasteiger charge is 2.38. The fourth-order valence-corrected chi connectivity index (χ4v) is 4.32. The summed E-state index contributed by atoms with van der Waals surface area (Å²) in [6.45, 7) is 14.6. The van der Waals surface area contributed by atoms with Crippen LogP contribution in [0.1, 0.15) is 90.9 Å². The Morgan fingerprint density at radius 3 is 1.31 bits per heavy atom. The van der Waals surface area contributed by atoms with Gasteiger partial charge in [-0.15, -0.1) is 0 Å². The van der Waals surface area contributed by atoms with E-state index in [1.807, 2.05) is 10.3 Å². The summed E-state index contributed by atoms with van der Waals surface area (Å²) in [6.07, 6.45) is -8.39. The molecule has 27 heteroatoms. The van der Waals surface area contributed by atoms with Gasteiger partial charge in [-0.3, -0.25) is 0 Å². The molecule has 0 saturated heterocycles. The lowest BCUT2D eigenvalue weighted by Crippen LogP contribution is -2.45. The summed E-state index contributed by atoms with van der Waals surface area (Å²) >= 11 is 0. The number of alkyl carbamates (subject to hydrolysis) is 3. The van der Waals surface area contributed by atoms with Gasteiger partial charge < -0.3 is 60.4 Å². The number of carbonyl (C=O) groups is 6. The molecule has 0 aliphatic heterocycles. The first-order chi connectivity index (χ1) is 28.1. The summed E-state index contributed by atoms with van der Waals surface area (Å²) in [5.74, 6) is -5.26. The Kier molecular flexibility index (Phi) is 18.8. The Hall–Kier alpha value is -6.57. The number of aliphatic carboxylic acids is 3. The van der Waals surface area contributed by atoms with E-state index in [0.29, 0.717) is 5.69 Å². The number of hydrogen-bond acceptors (Lipinski definition) is 12. The number of aromatic amines is 3. The van der Waals surface area contributed by atoms with E-state index in [0.717, 1.165) is 12.5 Å². The molecule has 0 bridgehead atoms. The molecule has 0 spiro atoms. The van der Waals surface area contributed by atoms with Gasteiger partial charge >= 0.3 is 48.5 Å². The predicted octanol–water partition coefficient (Wildman–Crippen LogP) is 4.83. The van der Waals surface area contributed by atoms with Crippen molar-refractivity contribution in [2.45, 2.75) is 129 Å². The number of amides is 3. The molecule has 0 aliphatic carbocycles. The zero-order chi connectivity index (χ0) is 48.0. The second-order valence-electron chi connectivity index (χ2n) is 15.8. The van der Waals surface area contributed by atoms with Gasteiger partial charge in [-0.1, -0.05) is 0 Å². The van der Waals surface area contributed by atoms with Gasteiger partial charge in [0.2, 0.25) is 5.82 Å². The van der Waals surface area contributed by atoms with Gasteiger partial charge in [-0.2, -0.15) is 26.3 Å². The molecule has 3 rings (SSSR count). The average molecular weight is 902 g/mol. The van der Waals surface area contributed by atoms with Crippen LogP contribution in [0.2, 0.25) is 0 Å². The molecule has 3 atom stereocenters. The number of carboxylic acids is 3. The van der Waals surface area contributed by atoms with Crippen LogP contribution in [0.25, 0.3) is 0 Å². The van der Waals surface area contributed by atoms with Gasteiger partial charge in [-0.25, -0.2) is 43.7 Å². The first-order valence-electron chi connectivity index (χ1n) is 17.9. The van der Waals surface area contributed by atoms with Crippen LogP contribution in [0.15, 0.2) is 25.0 Å². The number of carboxylic acid groups (broad SMARTS) is 3. The molecule has 0 radical (unpaired) electrons. The average Bonchev–Trinajstić information content (AvgIpc) is 3.84. The van der Waals surface area contributed by atoms with Gasteiger partial charge in [0.05, 0.1) is 12.7 Å². The van der Waals surface area contributed by atoms with E-state index in [2.05, 4.69) is 35.6 Å². The zero-order valence-electron chi connectivity index (χ0n) is 34.8. The maximum Gasteiger partial charge on any atom is 0.449 e. The van der Waals surface area contributed by atoms with Crippen LogP contribution in [-0.4, -0.2) is 116 Å². The number of carbonyl (C=O) groups excluding carboxylic acids is 3. The Balaban J connectivity index is 0.000000468. The molecule has 62 heavy (non-hydrogen) atoms. The highest BCUT2D eigenvalue weighted by atomic mass is 19.4. The van der Waals surface area contributed by atoms with Crippen molar-refractivity contribution in [3.63, 3.8) is 0 Å². The predicted molar refractivity (Wildman–Crippen MR) is 199 cm³/mol. The molecule has 0 aliphatic rings. The van der Waals surface area contributed by atoms with E-state index in [9.17, 15) is 55.1 Å². The molecule has 3 unspecified atom stereocenters. The summed E-state index contributed by atoms with van der Waals surface area (Å²) < 4.78 is 90.0. The number of H-pyrrole nitrogens is 3. The van der Waals surface area contributed by atoms with E-state index in [1.165, 1.54) is 12.5 Å². The lowest BCUT2D eigenvalue weighted by atomic mass is 10.1. The second kappa shape index (κ2) is 21.8. The molecule has 21 nitrogen and oxygen atoms in total. The number of nitrogens with one attached hydrogen (secondary N) is 6. The molecule has 3 aromatic heterocycles. The molecule has 0 fully saturated rings. The van der Waals surface area contributed by atoms with Crippen molar-refractivity contribution in [2.24, 2.45) is 0 Å². The largest absolute Gasteiger partial charge is 0.480 e. The third-order valence-corrected chi connectivity index (χ3v) is 6.66. The quantitative estimate of drug-likeness (QED) is 0.0869. The Morgan fingerprint density at radius 1 is 0.581 bits per heavy atom. The smallest absolute Gasteiger partial charge is 0.449 e. The third kappa shape index (κ3) is 21.6. The molecule has 3 aromatic rings. The molecular formula is C35H49F6N9O12. The monoisotopic (exact) mass is 901 g/mol. The minimum absolute atomic E-state index is 0.0733. The zero-order valence-corrected chi connectivity index (χ0v) is 34.8. The molecule has 0 aromatic carbocycles. The van der Waals surface area contributed by atoms with Crippen molar-refractivity contribution < 1.29 is 84.6 Å². The van der Waals surface area contributed by atoms with Crippen molar-refractivity contribution in [2.75, 3.05) is 0 Å². The van der Waals surface area contributed by atoms with E-state index >= 15 is 0 Å². The number of rotatable bonds is 12. The standard InChI is InChI=1S/2C12H16F3N3O4.C11H17N3O4/c1-11(2,3)22-10(21)18-7(9(19)20)4-6-8(12(13,14)15)17-5-16-6;1-11(2,3)22-10(21)18-7(8(19)20)4-6-5-16-9(17-6)12(13,14)15;1-11(2,3)18-10(17)14-8(9(15)16)4-7-5-12-6-13-7/h2*5,7H,4H2,1-3H3,(H,16,17)(H,18,21)(H,19,20);5-6,8H,4H2,1-3H3,(H,12,13)(H,14,17)(H,15,16). The molecule has 3 heterocycles. The van der Waals surface area contributed by atoms with Crippen molar-refractivity contribution >= 4 is 36.2 Å². The van der Waals surface area contributed by atoms with Crippen molar-refractivity contribution in [3.05, 3.63) is 53.6 Å². The fraction of sp³-hybridized carbons (Fsp3) is 0.571. The van der Waals surface area contributed by atoms with Gasteiger partial charge in [-0.05, 0) is 62.3 Å².